The number of carbonyl (C=O) groups is 2. The lowest BCUT2D eigenvalue weighted by Gasteiger charge is -2.15. The number of H-pyrrole nitrogens is 1. The van der Waals surface area contributed by atoms with E-state index in [4.69, 9.17) is 9.47 Å². The van der Waals surface area contributed by atoms with Gasteiger partial charge in [-0.3, -0.25) is 19.8 Å². The van der Waals surface area contributed by atoms with Crippen LogP contribution >= 0.6 is 11.8 Å². The Labute approximate surface area is 233 Å². The molecule has 0 bridgehead atoms. The maximum Gasteiger partial charge on any atom is 0.281 e. The molecule has 0 spiro atoms. The van der Waals surface area contributed by atoms with E-state index < -0.39 is 5.56 Å². The van der Waals surface area contributed by atoms with Crippen LogP contribution in [0.1, 0.15) is 12.0 Å². The number of thioether (sulfide) groups is 1. The van der Waals surface area contributed by atoms with Gasteiger partial charge in [0.1, 0.15) is 11.5 Å². The van der Waals surface area contributed by atoms with Crippen molar-refractivity contribution >= 4 is 51.1 Å². The predicted octanol–water partition coefficient (Wildman–Crippen LogP) is 4.33. The van der Waals surface area contributed by atoms with E-state index in [1.54, 1.807) is 42.5 Å². The minimum atomic E-state index is -0.427. The van der Waals surface area contributed by atoms with E-state index in [0.717, 1.165) is 32.9 Å². The molecule has 2 amide bonds. The van der Waals surface area contributed by atoms with E-state index in [-0.39, 0.29) is 29.1 Å². The summed E-state index contributed by atoms with van der Waals surface area (Å²) >= 11 is 1.03. The minimum absolute atomic E-state index is 0.0731. The summed E-state index contributed by atoms with van der Waals surface area (Å²) in [6, 6.07) is 19.8. The second-order valence-corrected chi connectivity index (χ2v) is 9.79. The van der Waals surface area contributed by atoms with Crippen molar-refractivity contribution in [1.29, 1.82) is 0 Å². The molecule has 0 atom stereocenters. The highest BCUT2D eigenvalue weighted by Gasteiger charge is 2.17. The molecule has 2 heterocycles. The number of hydrogen-bond acceptors (Lipinski definition) is 7. The Kier molecular flexibility index (Phi) is 8.02. The smallest absolute Gasteiger partial charge is 0.281 e. The average Bonchev–Trinajstić information content (AvgIpc) is 3.39. The Balaban J connectivity index is 1.33. The number of methoxy groups -OCH3 is 2. The molecule has 5 rings (SSSR count). The molecule has 0 unspecified atom stereocenters. The first-order valence-electron chi connectivity index (χ1n) is 12.5. The van der Waals surface area contributed by atoms with Gasteiger partial charge in [-0.25, -0.2) is 4.98 Å². The summed E-state index contributed by atoms with van der Waals surface area (Å²) in [6.07, 6.45) is 2.53. The molecule has 0 saturated carbocycles. The number of amides is 2. The highest BCUT2D eigenvalue weighted by molar-refractivity contribution is 7.99. The van der Waals surface area contributed by atoms with E-state index in [2.05, 4.69) is 20.7 Å². The SMILES string of the molecule is COc1ccc(OC)c(NC(=O)CSc2nc3ccccc3c(=O)n2NC(=O)CCc2c[nH]c3ccccc23)c1. The number of aryl methyl sites for hydroxylation is 1. The van der Waals surface area contributed by atoms with Gasteiger partial charge in [-0.2, -0.15) is 4.68 Å². The second-order valence-electron chi connectivity index (χ2n) is 8.85. The maximum atomic E-state index is 13.3. The zero-order chi connectivity index (χ0) is 28.1. The molecular weight excluding hydrogens is 530 g/mol. The van der Waals surface area contributed by atoms with Crippen LogP contribution in [-0.4, -0.2) is 46.4 Å². The van der Waals surface area contributed by atoms with Crippen LogP contribution in [0.2, 0.25) is 0 Å². The largest absolute Gasteiger partial charge is 0.497 e. The van der Waals surface area contributed by atoms with Gasteiger partial charge in [0.2, 0.25) is 11.8 Å². The second kappa shape index (κ2) is 12.0. The monoisotopic (exact) mass is 557 g/mol. The van der Waals surface area contributed by atoms with Crippen molar-refractivity contribution in [3.05, 3.63) is 88.8 Å². The summed E-state index contributed by atoms with van der Waals surface area (Å²) in [7, 11) is 3.04. The molecule has 5 aromatic rings. The van der Waals surface area contributed by atoms with Gasteiger partial charge in [0, 0.05) is 29.6 Å². The van der Waals surface area contributed by atoms with Gasteiger partial charge in [0.25, 0.3) is 5.56 Å². The fourth-order valence-electron chi connectivity index (χ4n) is 4.30. The Morgan fingerprint density at radius 2 is 1.75 bits per heavy atom. The van der Waals surface area contributed by atoms with E-state index in [0.29, 0.717) is 34.5 Å². The van der Waals surface area contributed by atoms with Gasteiger partial charge in [-0.15, -0.1) is 0 Å². The third-order valence-corrected chi connectivity index (χ3v) is 7.23. The van der Waals surface area contributed by atoms with Crippen LogP contribution in [0.4, 0.5) is 5.69 Å². The highest BCUT2D eigenvalue weighted by atomic mass is 32.2. The molecule has 11 heteroatoms. The van der Waals surface area contributed by atoms with E-state index in [1.165, 1.54) is 14.2 Å². The van der Waals surface area contributed by atoms with Gasteiger partial charge in [0.15, 0.2) is 5.16 Å². The fourth-order valence-corrected chi connectivity index (χ4v) is 5.06. The molecule has 0 aliphatic carbocycles. The Hall–Kier alpha value is -4.77. The van der Waals surface area contributed by atoms with Crippen molar-refractivity contribution in [1.82, 2.24) is 14.6 Å². The Bertz CT molecular complexity index is 1760. The van der Waals surface area contributed by atoms with E-state index in [1.807, 2.05) is 30.5 Å². The third kappa shape index (κ3) is 5.79. The molecule has 0 aliphatic heterocycles. The van der Waals surface area contributed by atoms with Crippen LogP contribution in [0.15, 0.2) is 82.9 Å². The van der Waals surface area contributed by atoms with Gasteiger partial charge in [-0.05, 0) is 42.3 Å². The molecule has 2 aromatic heterocycles. The number of para-hydroxylation sites is 2. The first-order chi connectivity index (χ1) is 19.5. The molecule has 3 N–H and O–H groups in total. The number of nitrogens with one attached hydrogen (secondary N) is 3. The molecular formula is C29H27N5O5S. The number of nitrogens with zero attached hydrogens (tertiary/aromatic N) is 2. The van der Waals surface area contributed by atoms with Crippen LogP contribution < -0.4 is 25.8 Å². The number of aromatic amines is 1. The molecule has 0 fully saturated rings. The number of hydrogen-bond donors (Lipinski definition) is 3. The molecule has 10 nitrogen and oxygen atoms in total. The van der Waals surface area contributed by atoms with Crippen LogP contribution in [0.3, 0.4) is 0 Å². The number of fused-ring (bicyclic) bond motifs is 2. The number of benzene rings is 3. The summed E-state index contributed by atoms with van der Waals surface area (Å²) < 4.78 is 11.7. The van der Waals surface area contributed by atoms with E-state index >= 15 is 0 Å². The first kappa shape index (κ1) is 26.8. The number of rotatable bonds is 10. The Morgan fingerprint density at radius 1 is 0.975 bits per heavy atom. The van der Waals surface area contributed by atoms with Crippen molar-refractivity contribution in [2.24, 2.45) is 0 Å². The van der Waals surface area contributed by atoms with E-state index in [9.17, 15) is 14.4 Å². The number of aromatic nitrogens is 3. The van der Waals surface area contributed by atoms with Crippen molar-refractivity contribution in [2.45, 2.75) is 18.0 Å². The van der Waals surface area contributed by atoms with Crippen molar-refractivity contribution < 1.29 is 19.1 Å². The van der Waals surface area contributed by atoms with Crippen molar-refractivity contribution in [2.75, 3.05) is 30.7 Å². The Morgan fingerprint density at radius 3 is 2.55 bits per heavy atom. The lowest BCUT2D eigenvalue weighted by molar-refractivity contribution is -0.117. The zero-order valence-corrected chi connectivity index (χ0v) is 22.7. The zero-order valence-electron chi connectivity index (χ0n) is 21.9. The standard InChI is InChI=1S/C29H27N5O5S/c1-38-19-12-13-25(39-2)24(15-19)31-27(36)17-40-29-32-23-10-6-4-8-21(23)28(37)34(29)33-26(35)14-11-18-16-30-22-9-5-3-7-20(18)22/h3-10,12-13,15-16,30H,11,14,17H2,1-2H3,(H,31,36)(H,33,35). The summed E-state index contributed by atoms with van der Waals surface area (Å²) in [5, 5.41) is 4.40. The minimum Gasteiger partial charge on any atom is -0.497 e. The van der Waals surface area contributed by atoms with Gasteiger partial charge < -0.3 is 19.8 Å². The molecule has 0 aliphatic rings. The summed E-state index contributed by atoms with van der Waals surface area (Å²) in [6.45, 7) is 0. The van der Waals surface area contributed by atoms with Crippen molar-refractivity contribution in [3.63, 3.8) is 0 Å². The molecule has 40 heavy (non-hydrogen) atoms. The molecule has 0 saturated heterocycles. The quantitative estimate of drug-likeness (QED) is 0.172. The van der Waals surface area contributed by atoms with Gasteiger partial charge in [0.05, 0.1) is 36.6 Å². The van der Waals surface area contributed by atoms with Crippen LogP contribution in [-0.2, 0) is 16.0 Å². The van der Waals surface area contributed by atoms with Crippen LogP contribution in [0, 0.1) is 0 Å². The fraction of sp³-hybridized carbons (Fsp3) is 0.172. The highest BCUT2D eigenvalue weighted by Crippen LogP contribution is 2.29. The molecule has 0 radical (unpaired) electrons. The van der Waals surface area contributed by atoms with Crippen LogP contribution in [0.5, 0.6) is 11.5 Å². The third-order valence-electron chi connectivity index (χ3n) is 6.29. The normalized spacial score (nSPS) is 10.9. The summed E-state index contributed by atoms with van der Waals surface area (Å²) in [5.74, 6) is 0.260. The number of ether oxygens (including phenoxy) is 2. The maximum absolute atomic E-state index is 13.3. The lowest BCUT2D eigenvalue weighted by atomic mass is 10.1. The molecule has 204 valence electrons. The van der Waals surface area contributed by atoms with Crippen molar-refractivity contribution in [3.8, 4) is 11.5 Å². The number of anilines is 1. The molecule has 3 aromatic carbocycles. The first-order valence-corrected chi connectivity index (χ1v) is 13.5. The van der Waals surface area contributed by atoms with Crippen LogP contribution in [0.25, 0.3) is 21.8 Å². The summed E-state index contributed by atoms with van der Waals surface area (Å²) in [5.41, 5.74) is 5.18. The topological polar surface area (TPSA) is 127 Å². The van der Waals surface area contributed by atoms with Gasteiger partial charge >= 0.3 is 0 Å². The summed E-state index contributed by atoms with van der Waals surface area (Å²) in [4.78, 5) is 46.9. The lowest BCUT2D eigenvalue weighted by Crippen LogP contribution is -2.35. The number of carbonyl (C=O) groups excluding carboxylic acids is 2. The van der Waals surface area contributed by atoms with Gasteiger partial charge in [-0.1, -0.05) is 42.1 Å². The average molecular weight is 558 g/mol. The predicted molar refractivity (Wildman–Crippen MR) is 156 cm³/mol.